The van der Waals surface area contributed by atoms with Gasteiger partial charge in [0.05, 0.1) is 12.7 Å². The Morgan fingerprint density at radius 1 is 0.917 bits per heavy atom. The number of rotatable bonds is 8. The van der Waals surface area contributed by atoms with Crippen LogP contribution in [-0.4, -0.2) is 6.61 Å². The molecule has 1 atom stereocenters. The van der Waals surface area contributed by atoms with Gasteiger partial charge in [-0.15, -0.1) is 0 Å². The Morgan fingerprint density at radius 3 is 2.25 bits per heavy atom. The first-order valence-electron chi connectivity index (χ1n) is 8.87. The van der Waals surface area contributed by atoms with E-state index < -0.39 is 0 Å². The van der Waals surface area contributed by atoms with Gasteiger partial charge in [-0.25, -0.2) is 4.39 Å². The Hall–Kier alpha value is -1.87. The average Bonchev–Trinajstić information content (AvgIpc) is 3.50. The number of ether oxygens (including phenoxy) is 2. The molecule has 1 unspecified atom stereocenters. The maximum Gasteiger partial charge on any atom is 0.123 e. The van der Waals surface area contributed by atoms with Crippen molar-refractivity contribution in [2.75, 3.05) is 6.61 Å². The lowest BCUT2D eigenvalue weighted by atomic mass is 10.1. The third kappa shape index (κ3) is 4.15. The van der Waals surface area contributed by atoms with E-state index in [-0.39, 0.29) is 11.9 Å². The van der Waals surface area contributed by atoms with Crippen molar-refractivity contribution in [1.82, 2.24) is 0 Å². The standard InChI is InChI=1S/C21H23FO2/c22-19-9-3-16(4-10-19)13-23-20-11-7-18(8-12-20)21(17-5-6-17)24-14-15-1-2-15/h3-4,7-12,15,17,21H,1-2,5-6,13-14H2. The fourth-order valence-corrected chi connectivity index (χ4v) is 2.93. The Morgan fingerprint density at radius 2 is 1.62 bits per heavy atom. The molecule has 126 valence electrons. The lowest BCUT2D eigenvalue weighted by Gasteiger charge is -2.18. The van der Waals surface area contributed by atoms with Crippen molar-refractivity contribution in [3.05, 3.63) is 65.5 Å². The molecule has 0 bridgehead atoms. The second-order valence-corrected chi connectivity index (χ2v) is 7.02. The smallest absolute Gasteiger partial charge is 0.123 e. The van der Waals surface area contributed by atoms with E-state index in [0.717, 1.165) is 23.8 Å². The summed E-state index contributed by atoms with van der Waals surface area (Å²) in [6.45, 7) is 1.36. The van der Waals surface area contributed by atoms with Crippen LogP contribution in [0.1, 0.15) is 42.9 Å². The van der Waals surface area contributed by atoms with Crippen LogP contribution < -0.4 is 4.74 Å². The first kappa shape index (κ1) is 15.6. The summed E-state index contributed by atoms with van der Waals surface area (Å²) in [5, 5.41) is 0. The highest BCUT2D eigenvalue weighted by molar-refractivity contribution is 5.30. The second kappa shape index (κ2) is 6.94. The Kier molecular flexibility index (Phi) is 4.52. The van der Waals surface area contributed by atoms with Crippen molar-refractivity contribution >= 4 is 0 Å². The highest BCUT2D eigenvalue weighted by Crippen LogP contribution is 2.44. The van der Waals surface area contributed by atoms with Crippen LogP contribution in [0.4, 0.5) is 4.39 Å². The van der Waals surface area contributed by atoms with E-state index in [9.17, 15) is 4.39 Å². The first-order valence-corrected chi connectivity index (χ1v) is 8.87. The molecule has 2 aliphatic carbocycles. The number of hydrogen-bond acceptors (Lipinski definition) is 2. The third-order valence-corrected chi connectivity index (χ3v) is 4.79. The zero-order chi connectivity index (χ0) is 16.4. The summed E-state index contributed by atoms with van der Waals surface area (Å²) >= 11 is 0. The van der Waals surface area contributed by atoms with Crippen LogP contribution in [0.25, 0.3) is 0 Å². The molecule has 2 aromatic rings. The lowest BCUT2D eigenvalue weighted by molar-refractivity contribution is 0.0302. The van der Waals surface area contributed by atoms with Gasteiger partial charge in [0.1, 0.15) is 18.2 Å². The van der Waals surface area contributed by atoms with Gasteiger partial charge in [0.2, 0.25) is 0 Å². The predicted molar refractivity (Wildman–Crippen MR) is 91.3 cm³/mol. The van der Waals surface area contributed by atoms with Gasteiger partial charge in [0.25, 0.3) is 0 Å². The molecular weight excluding hydrogens is 303 g/mol. The summed E-state index contributed by atoms with van der Waals surface area (Å²) in [5.41, 5.74) is 2.22. The van der Waals surface area contributed by atoms with Crippen LogP contribution in [-0.2, 0) is 11.3 Å². The molecular formula is C21H23FO2. The van der Waals surface area contributed by atoms with Gasteiger partial charge >= 0.3 is 0 Å². The molecule has 4 rings (SSSR count). The van der Waals surface area contributed by atoms with Crippen LogP contribution in [0.2, 0.25) is 0 Å². The monoisotopic (exact) mass is 326 g/mol. The second-order valence-electron chi connectivity index (χ2n) is 7.02. The van der Waals surface area contributed by atoms with Gasteiger partial charge in [-0.05, 0) is 72.9 Å². The van der Waals surface area contributed by atoms with Crippen molar-refractivity contribution in [3.63, 3.8) is 0 Å². The van der Waals surface area contributed by atoms with Crippen LogP contribution >= 0.6 is 0 Å². The van der Waals surface area contributed by atoms with Crippen molar-refractivity contribution in [3.8, 4) is 5.75 Å². The number of benzene rings is 2. The predicted octanol–water partition coefficient (Wildman–Crippen LogP) is 5.28. The highest BCUT2D eigenvalue weighted by Gasteiger charge is 2.34. The molecule has 0 aliphatic heterocycles. The van der Waals surface area contributed by atoms with Gasteiger partial charge < -0.3 is 9.47 Å². The molecule has 0 heterocycles. The Labute approximate surface area is 142 Å². The summed E-state index contributed by atoms with van der Waals surface area (Å²) in [4.78, 5) is 0. The Balaban J connectivity index is 1.35. The van der Waals surface area contributed by atoms with Gasteiger partial charge in [-0.3, -0.25) is 0 Å². The van der Waals surface area contributed by atoms with Gasteiger partial charge in [0, 0.05) is 0 Å². The molecule has 24 heavy (non-hydrogen) atoms. The quantitative estimate of drug-likeness (QED) is 0.657. The minimum Gasteiger partial charge on any atom is -0.489 e. The van der Waals surface area contributed by atoms with Gasteiger partial charge in [0.15, 0.2) is 0 Å². The molecule has 3 heteroatoms. The van der Waals surface area contributed by atoms with Gasteiger partial charge in [-0.1, -0.05) is 24.3 Å². The van der Waals surface area contributed by atoms with Crippen molar-refractivity contribution in [1.29, 1.82) is 0 Å². The summed E-state index contributed by atoms with van der Waals surface area (Å²) in [7, 11) is 0. The van der Waals surface area contributed by atoms with Gasteiger partial charge in [-0.2, -0.15) is 0 Å². The molecule has 0 saturated heterocycles. The summed E-state index contributed by atoms with van der Waals surface area (Å²) in [6.07, 6.45) is 5.45. The fourth-order valence-electron chi connectivity index (χ4n) is 2.93. The molecule has 2 aromatic carbocycles. The van der Waals surface area contributed by atoms with E-state index in [4.69, 9.17) is 9.47 Å². The van der Waals surface area contributed by atoms with E-state index >= 15 is 0 Å². The third-order valence-electron chi connectivity index (χ3n) is 4.79. The maximum atomic E-state index is 12.9. The summed E-state index contributed by atoms with van der Waals surface area (Å²) < 4.78 is 24.9. The van der Waals surface area contributed by atoms with Crippen LogP contribution in [0, 0.1) is 17.7 Å². The molecule has 0 aromatic heterocycles. The lowest BCUT2D eigenvalue weighted by Crippen LogP contribution is -2.09. The summed E-state index contributed by atoms with van der Waals surface area (Å²) in [6, 6.07) is 14.7. The first-order chi connectivity index (χ1) is 11.8. The topological polar surface area (TPSA) is 18.5 Å². The van der Waals surface area contributed by atoms with E-state index in [1.54, 1.807) is 12.1 Å². The van der Waals surface area contributed by atoms with Crippen molar-refractivity contribution in [2.45, 2.75) is 38.4 Å². The highest BCUT2D eigenvalue weighted by atomic mass is 19.1. The number of hydrogen-bond donors (Lipinski definition) is 0. The molecule has 2 fully saturated rings. The SMILES string of the molecule is Fc1ccc(COc2ccc(C(OCC3CC3)C3CC3)cc2)cc1. The van der Waals surface area contributed by atoms with Crippen LogP contribution in [0.5, 0.6) is 5.75 Å². The molecule has 2 saturated carbocycles. The minimum absolute atomic E-state index is 0.222. The van der Waals surface area contributed by atoms with E-state index in [2.05, 4.69) is 12.1 Å². The van der Waals surface area contributed by atoms with Crippen LogP contribution in [0.3, 0.4) is 0 Å². The van der Waals surface area contributed by atoms with Crippen molar-refractivity contribution in [2.24, 2.45) is 11.8 Å². The molecule has 0 amide bonds. The van der Waals surface area contributed by atoms with Crippen LogP contribution in [0.15, 0.2) is 48.5 Å². The number of halogens is 1. The van der Waals surface area contributed by atoms with E-state index in [1.165, 1.54) is 43.4 Å². The fraction of sp³-hybridized carbons (Fsp3) is 0.429. The molecule has 0 spiro atoms. The average molecular weight is 326 g/mol. The molecule has 2 nitrogen and oxygen atoms in total. The largest absolute Gasteiger partial charge is 0.489 e. The zero-order valence-corrected chi connectivity index (χ0v) is 13.8. The minimum atomic E-state index is -0.222. The summed E-state index contributed by atoms with van der Waals surface area (Å²) in [5.74, 6) is 2.10. The zero-order valence-electron chi connectivity index (χ0n) is 13.8. The van der Waals surface area contributed by atoms with E-state index in [1.807, 2.05) is 12.1 Å². The van der Waals surface area contributed by atoms with E-state index in [0.29, 0.717) is 12.5 Å². The molecule has 0 N–H and O–H groups in total. The molecule has 2 aliphatic rings. The Bertz CT molecular complexity index is 657. The normalized spacial score (nSPS) is 18.4. The van der Waals surface area contributed by atoms with Crippen molar-refractivity contribution < 1.29 is 13.9 Å². The molecule has 0 radical (unpaired) electrons. The maximum absolute atomic E-state index is 12.9.